The summed E-state index contributed by atoms with van der Waals surface area (Å²) in [6, 6.07) is 12.4. The molecule has 1 aliphatic heterocycles. The first kappa shape index (κ1) is 18.9. The van der Waals surface area contributed by atoms with E-state index in [1.165, 1.54) is 34.1 Å². The summed E-state index contributed by atoms with van der Waals surface area (Å²) in [6.07, 6.45) is 0.219. The highest BCUT2D eigenvalue weighted by molar-refractivity contribution is 9.10. The van der Waals surface area contributed by atoms with Crippen molar-refractivity contribution in [1.82, 2.24) is 20.2 Å². The number of thioether (sulfide) groups is 1. The van der Waals surface area contributed by atoms with E-state index in [0.29, 0.717) is 16.6 Å². The molecule has 2 N–H and O–H groups in total. The zero-order valence-corrected chi connectivity index (χ0v) is 17.0. The molecule has 3 aromatic rings. The van der Waals surface area contributed by atoms with Crippen LogP contribution in [0.5, 0.6) is 0 Å². The van der Waals surface area contributed by atoms with Crippen LogP contribution in [0, 0.1) is 0 Å². The van der Waals surface area contributed by atoms with E-state index < -0.39 is 12.2 Å². The average molecular weight is 462 g/mol. The summed E-state index contributed by atoms with van der Waals surface area (Å²) in [6.45, 7) is 0.759. The van der Waals surface area contributed by atoms with Crippen LogP contribution in [0.3, 0.4) is 0 Å². The van der Waals surface area contributed by atoms with Gasteiger partial charge in [0.2, 0.25) is 5.16 Å². The molecule has 144 valence electrons. The number of tetrazole rings is 1. The Labute approximate surface area is 173 Å². The molecular weight excluding hydrogens is 446 g/mol. The van der Waals surface area contributed by atoms with Gasteiger partial charge in [0.25, 0.3) is 0 Å². The standard InChI is InChI=1S/C18H16BrN5O3S/c19-13-3-6-15-12(9-13)7-8-23(15)16(25)10-28-18-20-21-22-24(18)14-4-1-11(2-5-14)17(26)27/h1-6,9,16,25H,7-8,10H2,(H,26,27). The topological polar surface area (TPSA) is 104 Å². The van der Waals surface area contributed by atoms with E-state index in [4.69, 9.17) is 5.11 Å². The predicted octanol–water partition coefficient (Wildman–Crippen LogP) is 2.60. The van der Waals surface area contributed by atoms with Gasteiger partial charge in [-0.3, -0.25) is 0 Å². The number of benzene rings is 2. The Morgan fingerprint density at radius 3 is 2.79 bits per heavy atom. The number of aromatic nitrogens is 4. The quantitative estimate of drug-likeness (QED) is 0.539. The Morgan fingerprint density at radius 1 is 1.25 bits per heavy atom. The third kappa shape index (κ3) is 3.75. The molecule has 1 atom stereocenters. The molecule has 0 bridgehead atoms. The van der Waals surface area contributed by atoms with Crippen molar-refractivity contribution in [1.29, 1.82) is 0 Å². The molecule has 4 rings (SSSR count). The first-order valence-corrected chi connectivity index (χ1v) is 10.3. The van der Waals surface area contributed by atoms with Gasteiger partial charge < -0.3 is 15.1 Å². The van der Waals surface area contributed by atoms with Crippen molar-refractivity contribution >= 4 is 39.3 Å². The number of aromatic carboxylic acids is 1. The van der Waals surface area contributed by atoms with Crippen molar-refractivity contribution in [2.45, 2.75) is 17.8 Å². The summed E-state index contributed by atoms with van der Waals surface area (Å²) >= 11 is 4.82. The van der Waals surface area contributed by atoms with Crippen LogP contribution in [0.25, 0.3) is 5.69 Å². The molecule has 2 aromatic carbocycles. The number of aliphatic hydroxyl groups excluding tert-OH is 1. The Kier molecular flexibility index (Phi) is 5.33. The smallest absolute Gasteiger partial charge is 0.335 e. The summed E-state index contributed by atoms with van der Waals surface area (Å²) in [5, 5.41) is 31.9. The first-order chi connectivity index (χ1) is 13.5. The molecular formula is C18H16BrN5O3S. The fraction of sp³-hybridized carbons (Fsp3) is 0.222. The summed E-state index contributed by atoms with van der Waals surface area (Å²) < 4.78 is 2.56. The van der Waals surface area contributed by atoms with E-state index in [1.807, 2.05) is 17.0 Å². The summed E-state index contributed by atoms with van der Waals surface area (Å²) in [5.41, 5.74) is 3.10. The van der Waals surface area contributed by atoms with Crippen LogP contribution < -0.4 is 4.90 Å². The van der Waals surface area contributed by atoms with Crippen molar-refractivity contribution in [3.63, 3.8) is 0 Å². The Morgan fingerprint density at radius 2 is 2.04 bits per heavy atom. The van der Waals surface area contributed by atoms with Crippen molar-refractivity contribution in [3.05, 3.63) is 58.1 Å². The molecule has 10 heteroatoms. The second kappa shape index (κ2) is 7.90. The lowest BCUT2D eigenvalue weighted by molar-refractivity contribution is 0.0697. The molecule has 28 heavy (non-hydrogen) atoms. The van der Waals surface area contributed by atoms with Gasteiger partial charge in [-0.15, -0.1) is 5.10 Å². The fourth-order valence-electron chi connectivity index (χ4n) is 3.12. The van der Waals surface area contributed by atoms with Crippen LogP contribution in [-0.2, 0) is 6.42 Å². The number of carboxylic acids is 1. The second-order valence-electron chi connectivity index (χ2n) is 6.23. The molecule has 0 spiro atoms. The van der Waals surface area contributed by atoms with Crippen LogP contribution in [0.2, 0.25) is 0 Å². The van der Waals surface area contributed by atoms with Crippen molar-refractivity contribution < 1.29 is 15.0 Å². The van der Waals surface area contributed by atoms with Gasteiger partial charge >= 0.3 is 5.97 Å². The van der Waals surface area contributed by atoms with Gasteiger partial charge in [0.15, 0.2) is 0 Å². The van der Waals surface area contributed by atoms with Crippen molar-refractivity contribution in [3.8, 4) is 5.69 Å². The highest BCUT2D eigenvalue weighted by atomic mass is 79.9. The fourth-order valence-corrected chi connectivity index (χ4v) is 4.37. The number of aliphatic hydroxyl groups is 1. The summed E-state index contributed by atoms with van der Waals surface area (Å²) in [7, 11) is 0. The molecule has 2 heterocycles. The Balaban J connectivity index is 1.45. The maximum Gasteiger partial charge on any atom is 0.335 e. The zero-order valence-electron chi connectivity index (χ0n) is 14.6. The number of hydrogen-bond acceptors (Lipinski definition) is 7. The van der Waals surface area contributed by atoms with Crippen LogP contribution in [-0.4, -0.2) is 54.9 Å². The highest BCUT2D eigenvalue weighted by Crippen LogP contribution is 2.32. The van der Waals surface area contributed by atoms with Crippen LogP contribution in [0.4, 0.5) is 5.69 Å². The van der Waals surface area contributed by atoms with Gasteiger partial charge in [-0.1, -0.05) is 27.7 Å². The molecule has 1 aliphatic rings. The molecule has 1 aromatic heterocycles. The molecule has 0 fully saturated rings. The number of fused-ring (bicyclic) bond motifs is 1. The van der Waals surface area contributed by atoms with E-state index >= 15 is 0 Å². The normalized spacial score (nSPS) is 14.1. The molecule has 0 saturated heterocycles. The number of halogens is 1. The number of carboxylic acid groups (broad SMARTS) is 1. The monoisotopic (exact) mass is 461 g/mol. The minimum Gasteiger partial charge on any atom is -0.478 e. The summed E-state index contributed by atoms with van der Waals surface area (Å²) in [5.74, 6) is -0.595. The van der Waals surface area contributed by atoms with E-state index in [2.05, 4.69) is 37.5 Å². The van der Waals surface area contributed by atoms with E-state index in [1.54, 1.807) is 12.1 Å². The van der Waals surface area contributed by atoms with Gasteiger partial charge in [0, 0.05) is 22.5 Å². The van der Waals surface area contributed by atoms with Crippen molar-refractivity contribution in [2.24, 2.45) is 0 Å². The van der Waals surface area contributed by atoms with Gasteiger partial charge in [-0.25, -0.2) is 4.79 Å². The third-order valence-electron chi connectivity index (χ3n) is 4.49. The lowest BCUT2D eigenvalue weighted by Crippen LogP contribution is -2.35. The number of hydrogen-bond donors (Lipinski definition) is 2. The number of anilines is 1. The number of rotatable bonds is 6. The van der Waals surface area contributed by atoms with E-state index in [-0.39, 0.29) is 5.56 Å². The molecule has 0 amide bonds. The molecule has 0 saturated carbocycles. The summed E-state index contributed by atoms with van der Waals surface area (Å²) in [4.78, 5) is 13.0. The maximum absolute atomic E-state index is 11.0. The van der Waals surface area contributed by atoms with E-state index in [9.17, 15) is 9.90 Å². The molecule has 1 unspecified atom stereocenters. The molecule has 8 nitrogen and oxygen atoms in total. The van der Waals surface area contributed by atoms with Gasteiger partial charge in [-0.2, -0.15) is 4.68 Å². The number of nitrogens with zero attached hydrogens (tertiary/aromatic N) is 5. The minimum atomic E-state index is -0.987. The SMILES string of the molecule is O=C(O)c1ccc(-n2nnnc2SCC(O)N2CCc3cc(Br)ccc32)cc1. The number of carbonyl (C=O) groups is 1. The molecule has 0 radical (unpaired) electrons. The maximum atomic E-state index is 11.0. The van der Waals surface area contributed by atoms with E-state index in [0.717, 1.165) is 23.1 Å². The highest BCUT2D eigenvalue weighted by Gasteiger charge is 2.25. The predicted molar refractivity (Wildman–Crippen MR) is 108 cm³/mol. The lowest BCUT2D eigenvalue weighted by Gasteiger charge is -2.25. The lowest BCUT2D eigenvalue weighted by atomic mass is 10.2. The average Bonchev–Trinajstić information content (AvgIpc) is 3.32. The first-order valence-electron chi connectivity index (χ1n) is 8.51. The Hall–Kier alpha value is -2.43. The second-order valence-corrected chi connectivity index (χ2v) is 8.14. The Bertz CT molecular complexity index is 1010. The van der Waals surface area contributed by atoms with Crippen LogP contribution in [0.1, 0.15) is 15.9 Å². The van der Waals surface area contributed by atoms with Gasteiger partial charge in [0.1, 0.15) is 6.23 Å². The van der Waals surface area contributed by atoms with Crippen molar-refractivity contribution in [2.75, 3.05) is 17.2 Å². The van der Waals surface area contributed by atoms with Gasteiger partial charge in [-0.05, 0) is 64.9 Å². The minimum absolute atomic E-state index is 0.195. The largest absolute Gasteiger partial charge is 0.478 e. The molecule has 0 aliphatic carbocycles. The van der Waals surface area contributed by atoms with Crippen LogP contribution >= 0.6 is 27.7 Å². The third-order valence-corrected chi connectivity index (χ3v) is 5.96. The zero-order chi connectivity index (χ0) is 19.7. The van der Waals surface area contributed by atoms with Gasteiger partial charge in [0.05, 0.1) is 11.3 Å². The van der Waals surface area contributed by atoms with Crippen LogP contribution in [0.15, 0.2) is 52.1 Å².